The first kappa shape index (κ1) is 18.9. The second kappa shape index (κ2) is 7.60. The summed E-state index contributed by atoms with van der Waals surface area (Å²) in [7, 11) is -2.10. The molecule has 1 aromatic carbocycles. The molecule has 1 atom stereocenters. The van der Waals surface area contributed by atoms with Crippen LogP contribution in [0.15, 0.2) is 51.2 Å². The number of carbonyl (C=O) groups excluding carboxylic acids is 1. The van der Waals surface area contributed by atoms with Gasteiger partial charge in [-0.2, -0.15) is 0 Å². The van der Waals surface area contributed by atoms with Crippen molar-refractivity contribution in [2.24, 2.45) is 5.14 Å². The number of halogens is 1. The van der Waals surface area contributed by atoms with Gasteiger partial charge in [-0.15, -0.1) is 11.3 Å². The van der Waals surface area contributed by atoms with Gasteiger partial charge >= 0.3 is 0 Å². The molecular weight excluding hydrogens is 412 g/mol. The van der Waals surface area contributed by atoms with Crippen LogP contribution in [-0.4, -0.2) is 26.3 Å². The van der Waals surface area contributed by atoms with Gasteiger partial charge in [0.2, 0.25) is 15.9 Å². The lowest BCUT2D eigenvalue weighted by Gasteiger charge is -2.24. The molecule has 24 heavy (non-hydrogen) atoms. The summed E-state index contributed by atoms with van der Waals surface area (Å²) in [5.41, 5.74) is 0.699. The largest absolute Gasteiger partial charge is 0.335 e. The van der Waals surface area contributed by atoms with Crippen molar-refractivity contribution in [1.82, 2.24) is 4.90 Å². The van der Waals surface area contributed by atoms with E-state index in [2.05, 4.69) is 15.9 Å². The van der Waals surface area contributed by atoms with E-state index in [1.807, 2.05) is 19.1 Å². The highest BCUT2D eigenvalue weighted by Gasteiger charge is 2.17. The van der Waals surface area contributed by atoms with Crippen molar-refractivity contribution >= 4 is 49.3 Å². The molecule has 0 saturated carbocycles. The van der Waals surface area contributed by atoms with E-state index in [-0.39, 0.29) is 16.8 Å². The summed E-state index contributed by atoms with van der Waals surface area (Å²) in [4.78, 5) is 14.9. The van der Waals surface area contributed by atoms with E-state index in [0.717, 1.165) is 8.66 Å². The molecule has 1 aromatic heterocycles. The van der Waals surface area contributed by atoms with Gasteiger partial charge in [-0.25, -0.2) is 13.6 Å². The molecule has 0 fully saturated rings. The normalized spacial score (nSPS) is 13.2. The van der Waals surface area contributed by atoms with Crippen molar-refractivity contribution in [2.45, 2.75) is 17.9 Å². The first-order valence-corrected chi connectivity index (χ1v) is 10.2. The number of hydrogen-bond donors (Lipinski definition) is 1. The predicted octanol–water partition coefficient (Wildman–Crippen LogP) is 3.39. The number of sulfonamides is 1. The van der Waals surface area contributed by atoms with Crippen molar-refractivity contribution in [2.75, 3.05) is 7.05 Å². The smallest absolute Gasteiger partial charge is 0.246 e. The van der Waals surface area contributed by atoms with Gasteiger partial charge in [-0.3, -0.25) is 4.79 Å². The van der Waals surface area contributed by atoms with Gasteiger partial charge in [0.25, 0.3) is 0 Å². The van der Waals surface area contributed by atoms with Crippen LogP contribution in [0.4, 0.5) is 0 Å². The summed E-state index contributed by atoms with van der Waals surface area (Å²) < 4.78 is 23.9. The number of nitrogens with two attached hydrogens (primary N) is 1. The number of amides is 1. The summed E-state index contributed by atoms with van der Waals surface area (Å²) in [5.74, 6) is -0.173. The summed E-state index contributed by atoms with van der Waals surface area (Å²) in [6.07, 6.45) is 3.25. The topological polar surface area (TPSA) is 80.5 Å². The minimum atomic E-state index is -3.77. The minimum absolute atomic E-state index is 0.0340. The third-order valence-corrected chi connectivity index (χ3v) is 6.08. The van der Waals surface area contributed by atoms with Gasteiger partial charge in [-0.1, -0.05) is 12.1 Å². The number of thiophene rings is 1. The molecule has 0 spiro atoms. The van der Waals surface area contributed by atoms with Crippen LogP contribution in [0.5, 0.6) is 0 Å². The quantitative estimate of drug-likeness (QED) is 0.740. The fourth-order valence-corrected chi connectivity index (χ4v) is 3.95. The summed E-state index contributed by atoms with van der Waals surface area (Å²) in [6.45, 7) is 1.83. The molecule has 0 saturated heterocycles. The molecule has 2 aromatic rings. The Bertz CT molecular complexity index is 875. The van der Waals surface area contributed by atoms with Gasteiger partial charge in [-0.05, 0) is 58.8 Å². The van der Waals surface area contributed by atoms with Crippen molar-refractivity contribution in [3.63, 3.8) is 0 Å². The van der Waals surface area contributed by atoms with E-state index in [9.17, 15) is 13.2 Å². The highest BCUT2D eigenvalue weighted by Crippen LogP contribution is 2.24. The highest BCUT2D eigenvalue weighted by molar-refractivity contribution is 9.11. The summed E-state index contributed by atoms with van der Waals surface area (Å²) in [5, 5.41) is 5.15. The van der Waals surface area contributed by atoms with Crippen LogP contribution in [-0.2, 0) is 14.8 Å². The maximum absolute atomic E-state index is 12.3. The zero-order valence-electron chi connectivity index (χ0n) is 13.1. The number of nitrogens with zero attached hydrogens (tertiary/aromatic N) is 1. The van der Waals surface area contributed by atoms with E-state index in [1.165, 1.54) is 29.5 Å². The number of rotatable bonds is 5. The molecule has 0 aliphatic rings. The van der Waals surface area contributed by atoms with Gasteiger partial charge < -0.3 is 4.90 Å². The van der Waals surface area contributed by atoms with Crippen LogP contribution in [0.3, 0.4) is 0 Å². The molecule has 1 unspecified atom stereocenters. The standard InChI is InChI=1S/C16H17BrN2O3S2/c1-11(12-4-3-5-14(10-12)24(18,21)22)19(2)16(20)9-7-13-6-8-15(17)23-13/h3-11H,1-2H3,(H2,18,21,22)/b9-7+. The molecule has 0 aliphatic heterocycles. The molecule has 5 nitrogen and oxygen atoms in total. The van der Waals surface area contributed by atoms with Crippen molar-refractivity contribution < 1.29 is 13.2 Å². The maximum Gasteiger partial charge on any atom is 0.246 e. The molecular formula is C16H17BrN2O3S2. The van der Waals surface area contributed by atoms with E-state index >= 15 is 0 Å². The zero-order valence-corrected chi connectivity index (χ0v) is 16.4. The number of benzene rings is 1. The van der Waals surface area contributed by atoms with Crippen molar-refractivity contribution in [3.05, 3.63) is 56.7 Å². The Morgan fingerprint density at radius 1 is 1.33 bits per heavy atom. The fraction of sp³-hybridized carbons (Fsp3) is 0.188. The Morgan fingerprint density at radius 2 is 2.04 bits per heavy atom. The van der Waals surface area contributed by atoms with Gasteiger partial charge in [0.15, 0.2) is 0 Å². The number of likely N-dealkylation sites (N-methyl/N-ethyl adjacent to an activating group) is 1. The summed E-state index contributed by atoms with van der Waals surface area (Å²) in [6, 6.07) is 9.84. The molecule has 128 valence electrons. The van der Waals surface area contributed by atoms with Crippen LogP contribution in [0.25, 0.3) is 6.08 Å². The molecule has 1 amide bonds. The second-order valence-electron chi connectivity index (χ2n) is 5.22. The number of carbonyl (C=O) groups is 1. The van der Waals surface area contributed by atoms with E-state index in [1.54, 1.807) is 30.2 Å². The maximum atomic E-state index is 12.3. The second-order valence-corrected chi connectivity index (χ2v) is 9.27. The Balaban J connectivity index is 2.15. The van der Waals surface area contributed by atoms with Crippen molar-refractivity contribution in [3.8, 4) is 0 Å². The van der Waals surface area contributed by atoms with Crippen LogP contribution in [0.2, 0.25) is 0 Å². The molecule has 1 heterocycles. The van der Waals surface area contributed by atoms with Crippen LogP contribution < -0.4 is 5.14 Å². The number of primary sulfonamides is 1. The zero-order chi connectivity index (χ0) is 17.9. The minimum Gasteiger partial charge on any atom is -0.335 e. The molecule has 2 N–H and O–H groups in total. The van der Waals surface area contributed by atoms with Gasteiger partial charge in [0.05, 0.1) is 14.7 Å². The number of hydrogen-bond acceptors (Lipinski definition) is 4. The van der Waals surface area contributed by atoms with Crippen molar-refractivity contribution in [1.29, 1.82) is 0 Å². The predicted molar refractivity (Wildman–Crippen MR) is 100 cm³/mol. The third-order valence-electron chi connectivity index (χ3n) is 3.58. The first-order valence-electron chi connectivity index (χ1n) is 7.01. The van der Waals surface area contributed by atoms with E-state index < -0.39 is 10.0 Å². The molecule has 0 radical (unpaired) electrons. The average molecular weight is 429 g/mol. The molecule has 8 heteroatoms. The van der Waals surface area contributed by atoms with Crippen LogP contribution in [0.1, 0.15) is 23.4 Å². The lowest BCUT2D eigenvalue weighted by Crippen LogP contribution is -2.28. The average Bonchev–Trinajstić information content (AvgIpc) is 2.96. The van der Waals surface area contributed by atoms with Crippen LogP contribution in [0, 0.1) is 0 Å². The van der Waals surface area contributed by atoms with E-state index in [4.69, 9.17) is 5.14 Å². The lowest BCUT2D eigenvalue weighted by molar-refractivity contribution is -0.126. The first-order chi connectivity index (χ1) is 11.2. The molecule has 0 aliphatic carbocycles. The molecule has 0 bridgehead atoms. The Hall–Kier alpha value is -1.48. The fourth-order valence-electron chi connectivity index (χ4n) is 2.05. The van der Waals surface area contributed by atoms with E-state index in [0.29, 0.717) is 5.56 Å². The monoisotopic (exact) mass is 428 g/mol. The van der Waals surface area contributed by atoms with Gasteiger partial charge in [0.1, 0.15) is 0 Å². The SMILES string of the molecule is CC(c1cccc(S(N)(=O)=O)c1)N(C)C(=O)/C=C/c1ccc(Br)s1. The lowest BCUT2D eigenvalue weighted by atomic mass is 10.1. The third kappa shape index (κ3) is 4.76. The Kier molecular flexibility index (Phi) is 5.97. The summed E-state index contributed by atoms with van der Waals surface area (Å²) >= 11 is 4.90. The molecule has 2 rings (SSSR count). The highest BCUT2D eigenvalue weighted by atomic mass is 79.9. The van der Waals surface area contributed by atoms with Crippen LogP contribution >= 0.6 is 27.3 Å². The van der Waals surface area contributed by atoms with Gasteiger partial charge in [0, 0.05) is 18.0 Å². The Morgan fingerprint density at radius 3 is 2.62 bits per heavy atom. The Labute approximate surface area is 154 Å².